The highest BCUT2D eigenvalue weighted by Crippen LogP contribution is 2.27. The summed E-state index contributed by atoms with van der Waals surface area (Å²) in [4.78, 5) is 220. The summed E-state index contributed by atoms with van der Waals surface area (Å²) in [6.45, 7) is 8.09. The van der Waals surface area contributed by atoms with E-state index in [9.17, 15) is 77.0 Å². The number of nitrogens with zero attached hydrogens (tertiary/aromatic N) is 5. The Morgan fingerprint density at radius 2 is 0.850 bits per heavy atom. The molecule has 0 spiro atoms. The van der Waals surface area contributed by atoms with Crippen molar-refractivity contribution in [3.05, 3.63) is 0 Å². The van der Waals surface area contributed by atoms with Gasteiger partial charge in [0.25, 0.3) is 0 Å². The molecule has 43 heteroatoms. The average molecular weight is 1600 g/mol. The van der Waals surface area contributed by atoms with Crippen molar-refractivity contribution >= 4 is 107 Å². The first kappa shape index (κ1) is 98.8. The Labute approximate surface area is 659 Å². The first-order chi connectivity index (χ1) is 53.5. The molecule has 0 saturated carbocycles. The number of hydrogen-bond acceptors (Lipinski definition) is 22. The van der Waals surface area contributed by atoms with Crippen LogP contribution in [0.4, 0.5) is 0 Å². The highest BCUT2D eigenvalue weighted by molar-refractivity contribution is 6.00. The van der Waals surface area contributed by atoms with Gasteiger partial charge in [-0.25, -0.2) is 4.79 Å². The van der Waals surface area contributed by atoms with Gasteiger partial charge in [0.1, 0.15) is 66.5 Å². The number of guanidine groups is 3. The van der Waals surface area contributed by atoms with Gasteiger partial charge in [-0.05, 0) is 167 Å². The van der Waals surface area contributed by atoms with Gasteiger partial charge in [-0.2, -0.15) is 0 Å². The molecular formula is C70H129N27O16. The fourth-order valence-electron chi connectivity index (χ4n) is 12.5. The summed E-state index contributed by atoms with van der Waals surface area (Å²) in [6.07, 6.45) is 4.60. The van der Waals surface area contributed by atoms with Crippen molar-refractivity contribution in [1.82, 2.24) is 68.3 Å². The number of carbonyl (C=O) groups is 15. The zero-order chi connectivity index (χ0) is 84.9. The Balaban J connectivity index is 2.28. The van der Waals surface area contributed by atoms with Crippen LogP contribution in [-0.4, -0.2) is 259 Å². The van der Waals surface area contributed by atoms with Gasteiger partial charge < -0.3 is 136 Å². The molecule has 2 fully saturated rings. The molecule has 0 aromatic heterocycles. The smallest absolute Gasteiger partial charge is 0.326 e. The summed E-state index contributed by atoms with van der Waals surface area (Å²) < 4.78 is 0. The van der Waals surface area contributed by atoms with E-state index in [1.54, 1.807) is 27.7 Å². The normalized spacial score (nSPS) is 16.7. The minimum Gasteiger partial charge on any atom is -0.480 e. The van der Waals surface area contributed by atoms with E-state index in [2.05, 4.69) is 73.5 Å². The topological polar surface area (TPSA) is 738 Å². The van der Waals surface area contributed by atoms with E-state index in [0.29, 0.717) is 70.8 Å². The van der Waals surface area contributed by atoms with Crippen LogP contribution in [0.3, 0.4) is 0 Å². The van der Waals surface area contributed by atoms with E-state index in [-0.39, 0.29) is 147 Å². The minimum atomic E-state index is -1.55. The van der Waals surface area contributed by atoms with Gasteiger partial charge in [0, 0.05) is 39.1 Å². The first-order valence-corrected chi connectivity index (χ1v) is 38.9. The maximum Gasteiger partial charge on any atom is 0.326 e. The van der Waals surface area contributed by atoms with Crippen LogP contribution >= 0.6 is 0 Å². The molecule has 0 aliphatic carbocycles. The number of carboxylic acids is 1. The second-order valence-corrected chi connectivity index (χ2v) is 28.7. The van der Waals surface area contributed by atoms with E-state index in [1.807, 2.05) is 0 Å². The fraction of sp³-hybridized carbons (Fsp3) is 0.743. The standard InChI is InChI=1S/C70H129N27O16/c1-6-40(4)55(64(109)86-38-54(100)88-43(21-13-31-82-68(76)77)59(104)87-41(5)56(101)90-44(19-8-11-29-72)60(105)93-48(67(112)113)23-15-33-84-70(80)81)95-62(107)46(26-27-52(75)98)89-53(99)37-85-58(103)49(36-39(2)3)94-61(106)45(20-9-12-30-73)91-63(108)50-24-16-34-96(50)66(111)51-25-17-35-97(51)65(110)47(22-14-32-83-69(78)79)92-57(102)42(74)18-7-10-28-71/h39-51,55H,6-38,71-74H2,1-5H3,(H2,75,98)(H,85,103)(H,86,109)(H,87,104)(H,88,100)(H,89,99)(H,90,101)(H,91,108)(H,92,102)(H,93,105)(H,94,106)(H,95,107)(H,112,113)(H4,76,77,82)(H4,78,79,83)(H4,80,81,84)/t40-,41-,42-,43-,44-,45-,46-,47-,48-,49-,50-,51-,55-/m0/s1. The van der Waals surface area contributed by atoms with E-state index in [0.717, 1.165) is 0 Å². The van der Waals surface area contributed by atoms with Crippen LogP contribution in [0, 0.1) is 11.8 Å². The summed E-state index contributed by atoms with van der Waals surface area (Å²) in [5, 5.41) is 38.0. The Hall–Kier alpha value is -10.3. The van der Waals surface area contributed by atoms with Gasteiger partial charge in [-0.1, -0.05) is 40.5 Å². The van der Waals surface area contributed by atoms with Crippen molar-refractivity contribution < 1.29 is 77.0 Å². The maximum absolute atomic E-state index is 14.6. The number of hydrogen-bond donors (Lipinski definition) is 23. The van der Waals surface area contributed by atoms with Crippen molar-refractivity contribution in [2.24, 2.45) is 89.9 Å². The number of carboxylic acid groups (broad SMARTS) is 1. The summed E-state index contributed by atoms with van der Waals surface area (Å²) >= 11 is 0. The number of nitrogens with one attached hydrogen (secondary N) is 11. The molecule has 640 valence electrons. The first-order valence-electron chi connectivity index (χ1n) is 38.9. The van der Waals surface area contributed by atoms with Crippen molar-refractivity contribution in [2.75, 3.05) is 65.4 Å². The van der Waals surface area contributed by atoms with Gasteiger partial charge >= 0.3 is 5.97 Å². The molecule has 43 nitrogen and oxygen atoms in total. The fourth-order valence-corrected chi connectivity index (χ4v) is 12.5. The van der Waals surface area contributed by atoms with Gasteiger partial charge in [0.2, 0.25) is 82.7 Å². The number of aliphatic carboxylic acids is 1. The number of aliphatic imine (C=N–C) groups is 3. The lowest BCUT2D eigenvalue weighted by atomic mass is 9.97. The van der Waals surface area contributed by atoms with E-state index in [4.69, 9.17) is 63.1 Å². The number of primary amides is 1. The average Bonchev–Trinajstić information content (AvgIpc) is 1.67. The molecule has 0 aromatic carbocycles. The van der Waals surface area contributed by atoms with Gasteiger partial charge in [-0.3, -0.25) is 82.1 Å². The summed E-state index contributed by atoms with van der Waals surface area (Å²) in [7, 11) is 0. The third kappa shape index (κ3) is 38.2. The maximum atomic E-state index is 14.6. The van der Waals surface area contributed by atoms with Gasteiger partial charge in [-0.15, -0.1) is 0 Å². The Morgan fingerprint density at radius 1 is 0.434 bits per heavy atom. The lowest BCUT2D eigenvalue weighted by Gasteiger charge is -2.33. The Bertz CT molecular complexity index is 3220. The molecule has 13 atom stereocenters. The summed E-state index contributed by atoms with van der Waals surface area (Å²) in [5.41, 5.74) is 61.5. The largest absolute Gasteiger partial charge is 0.480 e. The molecular weight excluding hydrogens is 1470 g/mol. The molecule has 14 amide bonds. The minimum absolute atomic E-state index is 0.00350. The lowest BCUT2D eigenvalue weighted by molar-refractivity contribution is -0.148. The van der Waals surface area contributed by atoms with E-state index in [1.165, 1.54) is 16.7 Å². The van der Waals surface area contributed by atoms with Crippen LogP contribution in [0.5, 0.6) is 0 Å². The summed E-state index contributed by atoms with van der Waals surface area (Å²) in [6, 6.07) is -15.0. The van der Waals surface area contributed by atoms with E-state index < -0.39 is 187 Å². The number of likely N-dealkylation sites (tertiary alicyclic amines) is 2. The van der Waals surface area contributed by atoms with Crippen molar-refractivity contribution in [3.8, 4) is 0 Å². The van der Waals surface area contributed by atoms with Crippen LogP contribution < -0.4 is 122 Å². The van der Waals surface area contributed by atoms with Crippen molar-refractivity contribution in [3.63, 3.8) is 0 Å². The molecule has 113 heavy (non-hydrogen) atoms. The second-order valence-electron chi connectivity index (χ2n) is 28.7. The number of nitrogens with two attached hydrogens (primary N) is 11. The number of rotatable bonds is 56. The van der Waals surface area contributed by atoms with Crippen LogP contribution in [0.2, 0.25) is 0 Å². The van der Waals surface area contributed by atoms with Gasteiger partial charge in [0.05, 0.1) is 19.1 Å². The van der Waals surface area contributed by atoms with Crippen LogP contribution in [0.1, 0.15) is 182 Å². The second kappa shape index (κ2) is 53.6. The zero-order valence-electron chi connectivity index (χ0n) is 66.1. The third-order valence-corrected chi connectivity index (χ3v) is 18.9. The quantitative estimate of drug-likeness (QED) is 0.0153. The van der Waals surface area contributed by atoms with Crippen LogP contribution in [-0.2, 0) is 71.9 Å². The Morgan fingerprint density at radius 3 is 1.35 bits per heavy atom. The number of amides is 14. The zero-order valence-corrected chi connectivity index (χ0v) is 66.1. The molecule has 2 aliphatic heterocycles. The SMILES string of the molecule is CC[C@H](C)[C@H](NC(=O)[C@H](CCC(N)=O)NC(=O)CNC(=O)[C@H](CC(C)C)NC(=O)[C@H](CCCCN)NC(=O)[C@@H]1CCCN1C(=O)[C@@H]1CCCN1C(=O)[C@H](CCCN=C(N)N)NC(=O)[C@@H](N)CCCCN)C(=O)NCC(=O)N[C@@H](CCCN=C(N)N)C(=O)N[C@@H](C)C(=O)N[C@@H](CCCCN)C(=O)N[C@@H](CCCN=C(N)N)C(=O)O. The third-order valence-electron chi connectivity index (χ3n) is 18.9. The Kier molecular flexibility index (Phi) is 46.9. The molecule has 34 N–H and O–H groups in total. The molecule has 0 unspecified atom stereocenters. The van der Waals surface area contributed by atoms with Crippen molar-refractivity contribution in [2.45, 2.75) is 255 Å². The molecule has 0 aromatic rings. The number of unbranched alkanes of at least 4 members (excludes halogenated alkanes) is 3. The molecule has 2 rings (SSSR count). The van der Waals surface area contributed by atoms with E-state index >= 15 is 0 Å². The van der Waals surface area contributed by atoms with Crippen LogP contribution in [0.25, 0.3) is 0 Å². The monoisotopic (exact) mass is 1600 g/mol. The summed E-state index contributed by atoms with van der Waals surface area (Å²) in [5.74, 6) is -13.9. The predicted molar refractivity (Wildman–Crippen MR) is 420 cm³/mol. The molecule has 0 bridgehead atoms. The molecule has 2 heterocycles. The van der Waals surface area contributed by atoms with Crippen LogP contribution in [0.15, 0.2) is 15.0 Å². The molecule has 2 saturated heterocycles. The van der Waals surface area contributed by atoms with Crippen molar-refractivity contribution in [1.29, 1.82) is 0 Å². The molecule has 2 aliphatic rings. The lowest BCUT2D eigenvalue weighted by Crippen LogP contribution is -2.59. The predicted octanol–water partition coefficient (Wildman–Crippen LogP) is -8.10. The van der Waals surface area contributed by atoms with Gasteiger partial charge in [0.15, 0.2) is 17.9 Å². The highest BCUT2D eigenvalue weighted by Gasteiger charge is 2.45. The highest BCUT2D eigenvalue weighted by atomic mass is 16.4. The number of carbonyl (C=O) groups excluding carboxylic acids is 14. The molecule has 0 radical (unpaired) electrons.